The summed E-state index contributed by atoms with van der Waals surface area (Å²) < 4.78 is 0. The smallest absolute Gasteiger partial charge is 0.220 e. The molecule has 0 spiro atoms. The highest BCUT2D eigenvalue weighted by Crippen LogP contribution is 2.23. The minimum absolute atomic E-state index is 0.232. The molecule has 110 valence electrons. The molecule has 2 heteroatoms. The molecule has 1 N–H and O–H groups in total. The Morgan fingerprint density at radius 1 is 1.20 bits per heavy atom. The number of benzene rings is 1. The van der Waals surface area contributed by atoms with Crippen LogP contribution in [-0.4, -0.2) is 11.9 Å². The van der Waals surface area contributed by atoms with E-state index in [1.54, 1.807) is 0 Å². The van der Waals surface area contributed by atoms with Gasteiger partial charge in [-0.25, -0.2) is 0 Å². The van der Waals surface area contributed by atoms with E-state index in [0.29, 0.717) is 18.4 Å². The van der Waals surface area contributed by atoms with Crippen LogP contribution in [0.15, 0.2) is 24.3 Å². The Labute approximate surface area is 123 Å². The minimum Gasteiger partial charge on any atom is -0.353 e. The van der Waals surface area contributed by atoms with Crippen molar-refractivity contribution < 1.29 is 4.79 Å². The van der Waals surface area contributed by atoms with Crippen LogP contribution in [0, 0.1) is 12.8 Å². The molecule has 0 bridgehead atoms. The van der Waals surface area contributed by atoms with E-state index in [-0.39, 0.29) is 5.91 Å². The molecule has 1 aliphatic carbocycles. The lowest BCUT2D eigenvalue weighted by Gasteiger charge is -2.29. The van der Waals surface area contributed by atoms with Crippen LogP contribution < -0.4 is 5.32 Å². The third kappa shape index (κ3) is 4.66. The van der Waals surface area contributed by atoms with E-state index in [1.165, 1.54) is 30.4 Å². The van der Waals surface area contributed by atoms with Gasteiger partial charge in [0, 0.05) is 12.5 Å². The van der Waals surface area contributed by atoms with Crippen molar-refractivity contribution in [2.75, 3.05) is 0 Å². The first kappa shape index (κ1) is 15.1. The SMILES string of the molecule is Cc1ccc(CCCC(=O)NC2CCCCC2C)cc1. The molecule has 1 saturated carbocycles. The number of hydrogen-bond acceptors (Lipinski definition) is 1. The van der Waals surface area contributed by atoms with E-state index in [2.05, 4.69) is 43.4 Å². The lowest BCUT2D eigenvalue weighted by Crippen LogP contribution is -2.40. The van der Waals surface area contributed by atoms with Crippen molar-refractivity contribution in [1.29, 1.82) is 0 Å². The van der Waals surface area contributed by atoms with E-state index in [4.69, 9.17) is 0 Å². The highest BCUT2D eigenvalue weighted by Gasteiger charge is 2.22. The predicted octanol–water partition coefficient (Wildman–Crippen LogP) is 4.01. The van der Waals surface area contributed by atoms with Crippen LogP contribution in [-0.2, 0) is 11.2 Å². The van der Waals surface area contributed by atoms with Gasteiger partial charge < -0.3 is 5.32 Å². The quantitative estimate of drug-likeness (QED) is 0.862. The summed E-state index contributed by atoms with van der Waals surface area (Å²) in [5.74, 6) is 0.876. The Bertz CT molecular complexity index is 424. The normalized spacial score (nSPS) is 22.5. The molecule has 1 aromatic carbocycles. The molecule has 1 aromatic rings. The van der Waals surface area contributed by atoms with Gasteiger partial charge in [0.2, 0.25) is 5.91 Å². The van der Waals surface area contributed by atoms with Crippen LogP contribution in [0.5, 0.6) is 0 Å². The molecular weight excluding hydrogens is 246 g/mol. The number of amides is 1. The van der Waals surface area contributed by atoms with Crippen molar-refractivity contribution in [2.45, 2.75) is 64.8 Å². The molecule has 0 heterocycles. The van der Waals surface area contributed by atoms with E-state index in [1.807, 2.05) is 0 Å². The van der Waals surface area contributed by atoms with E-state index in [9.17, 15) is 4.79 Å². The number of carbonyl (C=O) groups is 1. The summed E-state index contributed by atoms with van der Waals surface area (Å²) in [5.41, 5.74) is 2.62. The fourth-order valence-electron chi connectivity index (χ4n) is 3.02. The standard InChI is InChI=1S/C18H27NO/c1-14-10-12-16(13-11-14)7-5-9-18(20)19-17-8-4-3-6-15(17)2/h10-13,15,17H,3-9H2,1-2H3,(H,19,20). The average molecular weight is 273 g/mol. The molecule has 0 saturated heterocycles. The number of carbonyl (C=O) groups excluding carboxylic acids is 1. The first-order valence-corrected chi connectivity index (χ1v) is 8.00. The summed E-state index contributed by atoms with van der Waals surface area (Å²) in [7, 11) is 0. The fraction of sp³-hybridized carbons (Fsp3) is 0.611. The summed E-state index contributed by atoms with van der Waals surface area (Å²) >= 11 is 0. The molecule has 0 aromatic heterocycles. The summed E-state index contributed by atoms with van der Waals surface area (Å²) in [4.78, 5) is 12.0. The number of rotatable bonds is 5. The molecule has 0 radical (unpaired) electrons. The summed E-state index contributed by atoms with van der Waals surface area (Å²) in [6, 6.07) is 9.01. The van der Waals surface area contributed by atoms with Crippen LogP contribution in [0.1, 0.15) is 56.6 Å². The van der Waals surface area contributed by atoms with Gasteiger partial charge in [-0.15, -0.1) is 0 Å². The molecule has 2 nitrogen and oxygen atoms in total. The van der Waals surface area contributed by atoms with Gasteiger partial charge >= 0.3 is 0 Å². The van der Waals surface area contributed by atoms with Crippen LogP contribution in [0.2, 0.25) is 0 Å². The second kappa shape index (κ2) is 7.47. The van der Waals surface area contributed by atoms with Crippen LogP contribution in [0.25, 0.3) is 0 Å². The van der Waals surface area contributed by atoms with E-state index < -0.39 is 0 Å². The molecule has 2 atom stereocenters. The van der Waals surface area contributed by atoms with Gasteiger partial charge in [0.15, 0.2) is 0 Å². The van der Waals surface area contributed by atoms with Crippen LogP contribution >= 0.6 is 0 Å². The molecule has 0 aliphatic heterocycles. The molecule has 20 heavy (non-hydrogen) atoms. The van der Waals surface area contributed by atoms with Gasteiger partial charge in [0.05, 0.1) is 0 Å². The van der Waals surface area contributed by atoms with E-state index >= 15 is 0 Å². The van der Waals surface area contributed by atoms with Gasteiger partial charge in [0.25, 0.3) is 0 Å². The monoisotopic (exact) mass is 273 g/mol. The lowest BCUT2D eigenvalue weighted by atomic mass is 9.86. The zero-order valence-electron chi connectivity index (χ0n) is 12.8. The second-order valence-corrected chi connectivity index (χ2v) is 6.27. The van der Waals surface area contributed by atoms with Crippen molar-refractivity contribution in [1.82, 2.24) is 5.32 Å². The third-order valence-corrected chi connectivity index (χ3v) is 4.45. The van der Waals surface area contributed by atoms with Crippen molar-refractivity contribution in [3.63, 3.8) is 0 Å². The largest absolute Gasteiger partial charge is 0.353 e. The highest BCUT2D eigenvalue weighted by atomic mass is 16.1. The topological polar surface area (TPSA) is 29.1 Å². The molecule has 2 unspecified atom stereocenters. The van der Waals surface area contributed by atoms with Gasteiger partial charge in [0.1, 0.15) is 0 Å². The van der Waals surface area contributed by atoms with E-state index in [0.717, 1.165) is 19.3 Å². The summed E-state index contributed by atoms with van der Waals surface area (Å²) in [6.07, 6.45) is 7.58. The number of aryl methyl sites for hydroxylation is 2. The van der Waals surface area contributed by atoms with Crippen LogP contribution in [0.3, 0.4) is 0 Å². The summed E-state index contributed by atoms with van der Waals surface area (Å²) in [6.45, 7) is 4.36. The van der Waals surface area contributed by atoms with Gasteiger partial charge in [-0.3, -0.25) is 4.79 Å². The Kier molecular flexibility index (Phi) is 5.63. The Morgan fingerprint density at radius 2 is 1.90 bits per heavy atom. The first-order valence-electron chi connectivity index (χ1n) is 8.00. The van der Waals surface area contributed by atoms with Crippen molar-refractivity contribution >= 4 is 5.91 Å². The number of nitrogens with one attached hydrogen (secondary N) is 1. The zero-order valence-corrected chi connectivity index (χ0v) is 12.8. The van der Waals surface area contributed by atoms with Gasteiger partial charge in [-0.2, -0.15) is 0 Å². The Morgan fingerprint density at radius 3 is 2.60 bits per heavy atom. The Balaban J connectivity index is 1.68. The molecule has 2 rings (SSSR count). The molecule has 1 fully saturated rings. The third-order valence-electron chi connectivity index (χ3n) is 4.45. The zero-order chi connectivity index (χ0) is 14.4. The molecule has 1 amide bonds. The van der Waals surface area contributed by atoms with Gasteiger partial charge in [-0.1, -0.05) is 49.6 Å². The second-order valence-electron chi connectivity index (χ2n) is 6.27. The van der Waals surface area contributed by atoms with Crippen molar-refractivity contribution in [3.8, 4) is 0 Å². The predicted molar refractivity (Wildman–Crippen MR) is 83.7 cm³/mol. The highest BCUT2D eigenvalue weighted by molar-refractivity contribution is 5.76. The Hall–Kier alpha value is -1.31. The first-order chi connectivity index (χ1) is 9.65. The number of hydrogen-bond donors (Lipinski definition) is 1. The maximum atomic E-state index is 12.0. The van der Waals surface area contributed by atoms with Gasteiger partial charge in [-0.05, 0) is 44.1 Å². The maximum Gasteiger partial charge on any atom is 0.220 e. The lowest BCUT2D eigenvalue weighted by molar-refractivity contribution is -0.122. The fourth-order valence-corrected chi connectivity index (χ4v) is 3.02. The average Bonchev–Trinajstić information content (AvgIpc) is 2.44. The maximum absolute atomic E-state index is 12.0. The van der Waals surface area contributed by atoms with Crippen molar-refractivity contribution in [3.05, 3.63) is 35.4 Å². The summed E-state index contributed by atoms with van der Waals surface area (Å²) in [5, 5.41) is 3.23. The van der Waals surface area contributed by atoms with Crippen molar-refractivity contribution in [2.24, 2.45) is 5.92 Å². The minimum atomic E-state index is 0.232. The molecule has 1 aliphatic rings. The molecular formula is C18H27NO. The van der Waals surface area contributed by atoms with Crippen LogP contribution in [0.4, 0.5) is 0 Å².